The second kappa shape index (κ2) is 8.96. The third kappa shape index (κ3) is 3.80. The lowest BCUT2D eigenvalue weighted by Crippen LogP contribution is -3.12. The second-order valence-electron chi connectivity index (χ2n) is 7.85. The van der Waals surface area contributed by atoms with Gasteiger partial charge in [0.1, 0.15) is 11.4 Å². The van der Waals surface area contributed by atoms with Gasteiger partial charge in [-0.05, 0) is 37.8 Å². The number of likely N-dealkylation sites (N-methyl/N-ethyl adjacent to an activating group) is 1. The molecule has 1 atom stereocenters. The number of benzene rings is 2. The summed E-state index contributed by atoms with van der Waals surface area (Å²) in [5.74, 6) is -3.00. The molecule has 32 heavy (non-hydrogen) atoms. The number of hydrogen-bond donors (Lipinski definition) is 1. The van der Waals surface area contributed by atoms with Crippen LogP contribution < -0.4 is 10.0 Å². The van der Waals surface area contributed by atoms with Crippen LogP contribution in [0.25, 0.3) is 11.0 Å². The van der Waals surface area contributed by atoms with E-state index in [1.54, 1.807) is 30.3 Å². The molecule has 0 fully saturated rings. The van der Waals surface area contributed by atoms with Gasteiger partial charge >= 0.3 is 0 Å². The number of Topliss-reactive ketones (excluding diaryl/α,β-unsaturated/α-hetero) is 1. The number of halogens is 1. The van der Waals surface area contributed by atoms with Gasteiger partial charge in [0, 0.05) is 16.5 Å². The summed E-state index contributed by atoms with van der Waals surface area (Å²) in [6.45, 7) is 6.59. The maximum Gasteiger partial charge on any atom is 0.240 e. The summed E-state index contributed by atoms with van der Waals surface area (Å²) in [7, 11) is 0. The van der Waals surface area contributed by atoms with E-state index in [1.807, 2.05) is 19.9 Å². The molecule has 1 aliphatic heterocycles. The standard InChI is InChI=1S/C25H25FN2O4/c1-3-27(4-2)13-14-28-22(17-10-6-7-11-18(17)26)21(24(30)25(28)31)23(29)20-15-16-9-5-8-12-19(16)32-20/h5-12,15,22,30H,3-4,13-14H2,1-2H3. The lowest BCUT2D eigenvalue weighted by molar-refractivity contribution is -0.895. The molecule has 2 heterocycles. The predicted molar refractivity (Wildman–Crippen MR) is 115 cm³/mol. The minimum Gasteiger partial charge on any atom is -0.868 e. The van der Waals surface area contributed by atoms with E-state index in [9.17, 15) is 19.1 Å². The molecule has 0 saturated heterocycles. The molecule has 0 aliphatic carbocycles. The number of fused-ring (bicyclic) bond motifs is 1. The molecule has 6 nitrogen and oxygen atoms in total. The van der Waals surface area contributed by atoms with E-state index in [-0.39, 0.29) is 23.4 Å². The topological polar surface area (TPSA) is 78.0 Å². The molecular formula is C25H25FN2O4. The van der Waals surface area contributed by atoms with Gasteiger partial charge in [-0.2, -0.15) is 0 Å². The molecule has 1 amide bonds. The quantitative estimate of drug-likeness (QED) is 0.547. The lowest BCUT2D eigenvalue weighted by Gasteiger charge is -2.29. The Morgan fingerprint density at radius 3 is 2.50 bits per heavy atom. The number of hydrogen-bond acceptors (Lipinski definition) is 4. The average molecular weight is 436 g/mol. The van der Waals surface area contributed by atoms with Crippen molar-refractivity contribution in [3.8, 4) is 0 Å². The predicted octanol–water partition coefficient (Wildman–Crippen LogP) is 1.88. The number of nitrogens with zero attached hydrogens (tertiary/aromatic N) is 1. The average Bonchev–Trinajstić information content (AvgIpc) is 3.34. The van der Waals surface area contributed by atoms with E-state index in [0.717, 1.165) is 13.1 Å². The molecule has 0 saturated carbocycles. The maximum atomic E-state index is 14.8. The maximum absolute atomic E-state index is 14.8. The van der Waals surface area contributed by atoms with Crippen LogP contribution in [0.15, 0.2) is 70.3 Å². The van der Waals surface area contributed by atoms with Crippen molar-refractivity contribution in [2.45, 2.75) is 19.9 Å². The minimum atomic E-state index is -1.09. The van der Waals surface area contributed by atoms with E-state index >= 15 is 0 Å². The molecule has 1 aliphatic rings. The van der Waals surface area contributed by atoms with E-state index in [0.29, 0.717) is 17.5 Å². The van der Waals surface area contributed by atoms with E-state index in [1.165, 1.54) is 28.0 Å². The highest BCUT2D eigenvalue weighted by Gasteiger charge is 2.41. The van der Waals surface area contributed by atoms with Gasteiger partial charge in [0.15, 0.2) is 5.76 Å². The minimum absolute atomic E-state index is 0.0418. The fourth-order valence-electron chi connectivity index (χ4n) is 4.23. The summed E-state index contributed by atoms with van der Waals surface area (Å²) in [6.07, 6.45) is 0. The van der Waals surface area contributed by atoms with Crippen molar-refractivity contribution in [1.82, 2.24) is 4.90 Å². The Hall–Kier alpha value is -3.45. The van der Waals surface area contributed by atoms with Gasteiger partial charge in [0.2, 0.25) is 11.7 Å². The molecular weight excluding hydrogens is 411 g/mol. The van der Waals surface area contributed by atoms with Gasteiger partial charge in [-0.1, -0.05) is 36.4 Å². The summed E-state index contributed by atoms with van der Waals surface area (Å²) in [5, 5.41) is 13.7. The summed E-state index contributed by atoms with van der Waals surface area (Å²) in [6, 6.07) is 13.5. The number of nitrogens with one attached hydrogen (secondary N) is 1. The summed E-state index contributed by atoms with van der Waals surface area (Å²) in [5.41, 5.74) is 0.354. The number of furan rings is 1. The molecule has 0 bridgehead atoms. The Balaban J connectivity index is 1.77. The molecule has 4 rings (SSSR count). The van der Waals surface area contributed by atoms with Crippen molar-refractivity contribution in [1.29, 1.82) is 0 Å². The number of ketones is 1. The Morgan fingerprint density at radius 1 is 1.12 bits per heavy atom. The molecule has 0 spiro atoms. The Morgan fingerprint density at radius 2 is 1.81 bits per heavy atom. The van der Waals surface area contributed by atoms with E-state index < -0.39 is 29.3 Å². The van der Waals surface area contributed by atoms with Gasteiger partial charge in [-0.3, -0.25) is 9.59 Å². The number of carbonyl (C=O) groups is 2. The number of rotatable bonds is 8. The van der Waals surface area contributed by atoms with Crippen molar-refractivity contribution in [3.63, 3.8) is 0 Å². The van der Waals surface area contributed by atoms with Crippen LogP contribution in [0.2, 0.25) is 0 Å². The number of amides is 1. The zero-order valence-corrected chi connectivity index (χ0v) is 18.1. The first-order valence-corrected chi connectivity index (χ1v) is 10.8. The Labute approximate surface area is 185 Å². The summed E-state index contributed by atoms with van der Waals surface area (Å²) >= 11 is 0. The molecule has 166 valence electrons. The first-order chi connectivity index (χ1) is 15.5. The largest absolute Gasteiger partial charge is 0.868 e. The highest BCUT2D eigenvalue weighted by molar-refractivity contribution is 6.15. The van der Waals surface area contributed by atoms with Crippen molar-refractivity contribution >= 4 is 22.7 Å². The monoisotopic (exact) mass is 436 g/mol. The normalized spacial score (nSPS) is 16.6. The van der Waals surface area contributed by atoms with Gasteiger partial charge in [0.05, 0.1) is 32.2 Å². The van der Waals surface area contributed by atoms with Crippen molar-refractivity contribution in [3.05, 3.63) is 83.1 Å². The molecule has 1 aromatic heterocycles. The van der Waals surface area contributed by atoms with Crippen molar-refractivity contribution < 1.29 is 28.4 Å². The first kappa shape index (κ1) is 21.8. The molecule has 1 N–H and O–H groups in total. The fourth-order valence-corrected chi connectivity index (χ4v) is 4.23. The molecule has 3 aromatic rings. The summed E-state index contributed by atoms with van der Waals surface area (Å²) in [4.78, 5) is 28.9. The second-order valence-corrected chi connectivity index (χ2v) is 7.85. The van der Waals surface area contributed by atoms with E-state index in [2.05, 4.69) is 0 Å². The van der Waals surface area contributed by atoms with Crippen LogP contribution in [0.1, 0.15) is 36.0 Å². The van der Waals surface area contributed by atoms with Gasteiger partial charge < -0.3 is 19.3 Å². The molecule has 1 unspecified atom stereocenters. The zero-order chi connectivity index (χ0) is 22.8. The first-order valence-electron chi connectivity index (χ1n) is 10.8. The van der Waals surface area contributed by atoms with Crippen LogP contribution in [-0.4, -0.2) is 42.8 Å². The fraction of sp³-hybridized carbons (Fsp3) is 0.280. The van der Waals surface area contributed by atoms with Crippen LogP contribution in [0.5, 0.6) is 0 Å². The van der Waals surface area contributed by atoms with Crippen molar-refractivity contribution in [2.75, 3.05) is 26.2 Å². The highest BCUT2D eigenvalue weighted by atomic mass is 19.1. The van der Waals surface area contributed by atoms with Gasteiger partial charge in [0.25, 0.3) is 0 Å². The number of carbonyl (C=O) groups excluding carboxylic acids is 2. The highest BCUT2D eigenvalue weighted by Crippen LogP contribution is 2.39. The third-order valence-corrected chi connectivity index (χ3v) is 6.08. The SMILES string of the molecule is CC[NH+](CC)CCN1C(=O)C([O-])=C(C(=O)c2cc3ccccc3o2)C1c1ccccc1F. The van der Waals surface area contributed by atoms with Crippen molar-refractivity contribution in [2.24, 2.45) is 0 Å². The van der Waals surface area contributed by atoms with E-state index in [4.69, 9.17) is 4.42 Å². The summed E-state index contributed by atoms with van der Waals surface area (Å²) < 4.78 is 20.5. The molecule has 2 aromatic carbocycles. The van der Waals surface area contributed by atoms with Crippen LogP contribution in [0.3, 0.4) is 0 Å². The lowest BCUT2D eigenvalue weighted by atomic mass is 9.94. The number of quaternary nitrogens is 1. The Bertz CT molecular complexity index is 1160. The van der Waals surface area contributed by atoms with Gasteiger partial charge in [-0.25, -0.2) is 4.39 Å². The molecule has 0 radical (unpaired) electrons. The van der Waals surface area contributed by atoms with Crippen LogP contribution >= 0.6 is 0 Å². The van der Waals surface area contributed by atoms with Crippen LogP contribution in [0.4, 0.5) is 4.39 Å². The van der Waals surface area contributed by atoms with Crippen LogP contribution in [0, 0.1) is 5.82 Å². The van der Waals surface area contributed by atoms with Crippen LogP contribution in [-0.2, 0) is 4.79 Å². The van der Waals surface area contributed by atoms with Gasteiger partial charge in [-0.15, -0.1) is 0 Å². The third-order valence-electron chi connectivity index (χ3n) is 6.08. The number of para-hydroxylation sites is 1. The zero-order valence-electron chi connectivity index (χ0n) is 18.1. The Kier molecular flexibility index (Phi) is 6.10. The smallest absolute Gasteiger partial charge is 0.240 e. The molecule has 7 heteroatoms.